The third-order valence-corrected chi connectivity index (χ3v) is 1.23. The van der Waals surface area contributed by atoms with Gasteiger partial charge >= 0.3 is 0 Å². The van der Waals surface area contributed by atoms with Gasteiger partial charge in [0.05, 0.1) is 0 Å². The van der Waals surface area contributed by atoms with Crippen LogP contribution in [0.5, 0.6) is 0 Å². The largest absolute Gasteiger partial charge is 0.233 e. The maximum absolute atomic E-state index is 11.8. The predicted octanol–water partition coefficient (Wildman–Crippen LogP) is 1.40. The third kappa shape index (κ3) is 0.712. The summed E-state index contributed by atoms with van der Waals surface area (Å²) < 4.78 is 15.3. The first-order valence-corrected chi connectivity index (χ1v) is 2.55. The lowest BCUT2D eigenvalue weighted by Gasteiger charge is -1.84. The third-order valence-electron chi connectivity index (χ3n) is 0.540. The first-order chi connectivity index (χ1) is 2.89. The zero-order chi connectivity index (χ0) is 4.41. The van der Waals surface area contributed by atoms with E-state index in [2.05, 4.69) is 4.40 Å². The molecule has 1 nitrogen and oxygen atoms in total. The van der Waals surface area contributed by atoms with Gasteiger partial charge in [0.2, 0.25) is 0 Å². The Labute approximate surface area is 39.8 Å². The normalized spacial score (nSPS) is 31.8. The molecule has 1 heterocycles. The molecule has 1 atom stereocenters. The summed E-state index contributed by atoms with van der Waals surface area (Å²) in [7, 11) is 0. The van der Waals surface area contributed by atoms with E-state index in [1.807, 2.05) is 0 Å². The highest BCUT2D eigenvalue weighted by atomic mass is 32.2. The van der Waals surface area contributed by atoms with Crippen molar-refractivity contribution in [1.82, 2.24) is 0 Å². The van der Waals surface area contributed by atoms with Crippen LogP contribution in [0.4, 0.5) is 4.39 Å². The molecule has 1 aliphatic rings. The van der Waals surface area contributed by atoms with Gasteiger partial charge < -0.3 is 0 Å². The number of hydrogen-bond donors (Lipinski definition) is 0. The summed E-state index contributed by atoms with van der Waals surface area (Å²) in [5, 5.41) is 0. The summed E-state index contributed by atoms with van der Waals surface area (Å²) in [4.78, 5) is 0. The van der Waals surface area contributed by atoms with Gasteiger partial charge in [-0.05, 0) is 0 Å². The second-order valence-corrected chi connectivity index (χ2v) is 1.97. The maximum Gasteiger partial charge on any atom is 0.171 e. The molecule has 0 saturated carbocycles. The summed E-state index contributed by atoms with van der Waals surface area (Å²) in [6.45, 7) is 0. The minimum atomic E-state index is -0.759. The standard InChI is InChI=1S/C3H4FNS/c4-3-1-2-5-6-3/h2-3H,1H2. The summed E-state index contributed by atoms with van der Waals surface area (Å²) in [6, 6.07) is 0. The molecule has 34 valence electrons. The molecule has 0 spiro atoms. The molecule has 0 amide bonds. The smallest absolute Gasteiger partial charge is 0.171 e. The average molecular weight is 105 g/mol. The Morgan fingerprint density at radius 2 is 2.83 bits per heavy atom. The van der Waals surface area contributed by atoms with Crippen LogP contribution in [0.2, 0.25) is 0 Å². The zero-order valence-corrected chi connectivity index (χ0v) is 3.91. The van der Waals surface area contributed by atoms with E-state index in [-0.39, 0.29) is 0 Å². The van der Waals surface area contributed by atoms with Crippen molar-refractivity contribution in [1.29, 1.82) is 0 Å². The van der Waals surface area contributed by atoms with Crippen LogP contribution in [-0.2, 0) is 0 Å². The van der Waals surface area contributed by atoms with Crippen molar-refractivity contribution in [2.75, 3.05) is 0 Å². The minimum absolute atomic E-state index is 0.491. The molecule has 0 bridgehead atoms. The van der Waals surface area contributed by atoms with Crippen LogP contribution >= 0.6 is 11.9 Å². The highest BCUT2D eigenvalue weighted by Crippen LogP contribution is 2.20. The molecule has 0 fully saturated rings. The van der Waals surface area contributed by atoms with E-state index < -0.39 is 5.50 Å². The van der Waals surface area contributed by atoms with Gasteiger partial charge in [0.25, 0.3) is 0 Å². The molecule has 0 saturated heterocycles. The van der Waals surface area contributed by atoms with Crippen molar-refractivity contribution in [2.24, 2.45) is 4.40 Å². The van der Waals surface area contributed by atoms with E-state index in [9.17, 15) is 4.39 Å². The van der Waals surface area contributed by atoms with Crippen LogP contribution in [0.3, 0.4) is 0 Å². The molecule has 0 aromatic carbocycles. The highest BCUT2D eigenvalue weighted by Gasteiger charge is 2.07. The molecule has 1 rings (SSSR count). The zero-order valence-electron chi connectivity index (χ0n) is 3.10. The summed E-state index contributed by atoms with van der Waals surface area (Å²) in [5.41, 5.74) is -0.759. The minimum Gasteiger partial charge on any atom is -0.233 e. The maximum atomic E-state index is 11.8. The van der Waals surface area contributed by atoms with E-state index >= 15 is 0 Å². The van der Waals surface area contributed by atoms with E-state index in [4.69, 9.17) is 0 Å². The fourth-order valence-electron chi connectivity index (χ4n) is 0.278. The number of alkyl halides is 1. The van der Waals surface area contributed by atoms with Crippen molar-refractivity contribution in [3.63, 3.8) is 0 Å². The van der Waals surface area contributed by atoms with Gasteiger partial charge in [0.1, 0.15) is 0 Å². The fraction of sp³-hybridized carbons (Fsp3) is 0.667. The Balaban J connectivity index is 2.32. The van der Waals surface area contributed by atoms with E-state index in [0.29, 0.717) is 6.42 Å². The summed E-state index contributed by atoms with van der Waals surface area (Å²) >= 11 is 1.000. The molecule has 6 heavy (non-hydrogen) atoms. The summed E-state index contributed by atoms with van der Waals surface area (Å²) in [6.07, 6.45) is 2.08. The first-order valence-electron chi connectivity index (χ1n) is 1.71. The highest BCUT2D eigenvalue weighted by molar-refractivity contribution is 7.98. The fourth-order valence-corrected chi connectivity index (χ4v) is 0.754. The van der Waals surface area contributed by atoms with Crippen molar-refractivity contribution in [3.05, 3.63) is 0 Å². The van der Waals surface area contributed by atoms with Gasteiger partial charge in [-0.3, -0.25) is 0 Å². The second-order valence-electron chi connectivity index (χ2n) is 1.04. The van der Waals surface area contributed by atoms with Gasteiger partial charge in [-0.2, -0.15) is 0 Å². The lowest BCUT2D eigenvalue weighted by atomic mass is 10.5. The van der Waals surface area contributed by atoms with Crippen molar-refractivity contribution in [2.45, 2.75) is 11.9 Å². The van der Waals surface area contributed by atoms with E-state index in [1.165, 1.54) is 0 Å². The van der Waals surface area contributed by atoms with Crippen LogP contribution in [0.1, 0.15) is 6.42 Å². The monoisotopic (exact) mass is 105 g/mol. The molecule has 1 aliphatic heterocycles. The second kappa shape index (κ2) is 1.60. The van der Waals surface area contributed by atoms with Crippen molar-refractivity contribution < 1.29 is 4.39 Å². The number of hydrogen-bond acceptors (Lipinski definition) is 2. The Bertz CT molecular complexity index is 65.2. The molecule has 0 N–H and O–H groups in total. The van der Waals surface area contributed by atoms with Gasteiger partial charge in [0, 0.05) is 24.6 Å². The quantitative estimate of drug-likeness (QED) is 0.424. The Morgan fingerprint density at radius 1 is 2.00 bits per heavy atom. The number of nitrogens with zero attached hydrogens (tertiary/aromatic N) is 1. The lowest BCUT2D eigenvalue weighted by Crippen LogP contribution is -1.82. The Kier molecular flexibility index (Phi) is 1.10. The Morgan fingerprint density at radius 3 is 3.00 bits per heavy atom. The van der Waals surface area contributed by atoms with Crippen LogP contribution in [0.15, 0.2) is 4.40 Å². The predicted molar refractivity (Wildman–Crippen MR) is 25.6 cm³/mol. The van der Waals surface area contributed by atoms with Crippen molar-refractivity contribution >= 4 is 18.2 Å². The van der Waals surface area contributed by atoms with Crippen LogP contribution in [0.25, 0.3) is 0 Å². The Hall–Kier alpha value is -0.0500. The van der Waals surface area contributed by atoms with E-state index in [0.717, 1.165) is 11.9 Å². The van der Waals surface area contributed by atoms with E-state index in [1.54, 1.807) is 6.21 Å². The SMILES string of the molecule is FC1CC=NS1. The summed E-state index contributed by atoms with van der Waals surface area (Å²) in [5.74, 6) is 0. The first kappa shape index (κ1) is 4.12. The van der Waals surface area contributed by atoms with Gasteiger partial charge in [0.15, 0.2) is 5.50 Å². The van der Waals surface area contributed by atoms with Gasteiger partial charge in [-0.15, -0.1) is 0 Å². The molecule has 0 aromatic heterocycles. The molecule has 0 radical (unpaired) electrons. The molecule has 0 aromatic rings. The van der Waals surface area contributed by atoms with Crippen LogP contribution in [-0.4, -0.2) is 11.7 Å². The lowest BCUT2D eigenvalue weighted by molar-refractivity contribution is 0.470. The van der Waals surface area contributed by atoms with Gasteiger partial charge in [-0.25, -0.2) is 8.79 Å². The van der Waals surface area contributed by atoms with Crippen molar-refractivity contribution in [3.8, 4) is 0 Å². The van der Waals surface area contributed by atoms with Crippen LogP contribution in [0, 0.1) is 0 Å². The molecular formula is C3H4FNS. The molecular weight excluding hydrogens is 101 g/mol. The molecule has 3 heteroatoms. The van der Waals surface area contributed by atoms with Crippen LogP contribution < -0.4 is 0 Å². The molecule has 1 unspecified atom stereocenters. The molecule has 0 aliphatic carbocycles. The number of halogens is 1. The topological polar surface area (TPSA) is 12.4 Å². The average Bonchev–Trinajstić information content (AvgIpc) is 1.86. The van der Waals surface area contributed by atoms with Gasteiger partial charge in [-0.1, -0.05) is 0 Å². The number of rotatable bonds is 0.